The molecular weight excluding hydrogens is 529 g/mol. The number of fused-ring (bicyclic) bond motifs is 2. The van der Waals surface area contributed by atoms with E-state index in [1.54, 1.807) is 16.9 Å². The number of halogens is 1. The number of hydrogen-bond acceptors (Lipinski definition) is 6. The summed E-state index contributed by atoms with van der Waals surface area (Å²) in [5, 5.41) is 16.3. The van der Waals surface area contributed by atoms with Crippen LogP contribution < -0.4 is 15.2 Å². The van der Waals surface area contributed by atoms with Crippen LogP contribution in [0.25, 0.3) is 32.9 Å². The van der Waals surface area contributed by atoms with Crippen LogP contribution >= 0.6 is 0 Å². The summed E-state index contributed by atoms with van der Waals surface area (Å²) in [6, 6.07) is 9.37. The lowest BCUT2D eigenvalue weighted by atomic mass is 9.88. The fourth-order valence-electron chi connectivity index (χ4n) is 6.33. The molecule has 4 bridgehead atoms. The third-order valence-corrected chi connectivity index (χ3v) is 8.59. The van der Waals surface area contributed by atoms with E-state index in [9.17, 15) is 14.4 Å². The minimum atomic E-state index is -0.581. The van der Waals surface area contributed by atoms with E-state index in [4.69, 9.17) is 10.2 Å². The van der Waals surface area contributed by atoms with Crippen LogP contribution in [0.2, 0.25) is 0 Å². The minimum Gasteiger partial charge on any atom is -0.468 e. The number of nitrogens with one attached hydrogen (secondary N) is 2. The van der Waals surface area contributed by atoms with Gasteiger partial charge in [0.1, 0.15) is 43.6 Å². The van der Waals surface area contributed by atoms with E-state index in [0.717, 1.165) is 59.0 Å². The van der Waals surface area contributed by atoms with Gasteiger partial charge >= 0.3 is 5.97 Å². The molecule has 3 aliphatic rings. The molecule has 41 heavy (non-hydrogen) atoms. The van der Waals surface area contributed by atoms with Gasteiger partial charge in [0, 0.05) is 35.1 Å². The van der Waals surface area contributed by atoms with Crippen molar-refractivity contribution in [3.05, 3.63) is 48.0 Å². The fourth-order valence-corrected chi connectivity index (χ4v) is 6.33. The molecule has 0 radical (unpaired) electrons. The number of ether oxygens (including phenoxy) is 1. The molecule has 12 heteroatoms. The lowest BCUT2D eigenvalue weighted by Gasteiger charge is -2.45. The summed E-state index contributed by atoms with van der Waals surface area (Å²) in [4.78, 5) is 38.2. The highest BCUT2D eigenvalue weighted by molar-refractivity contribution is 6.00. The average Bonchev–Trinajstić information content (AvgIpc) is 3.55. The van der Waals surface area contributed by atoms with Gasteiger partial charge < -0.3 is 15.4 Å². The Labute approximate surface area is 235 Å². The molecule has 1 fully saturated rings. The Bertz CT molecular complexity index is 1680. The number of aromatic nitrogens is 4. The lowest BCUT2D eigenvalue weighted by molar-refractivity contribution is -0.141. The maximum absolute atomic E-state index is 15.7. The second-order valence-electron chi connectivity index (χ2n) is 11.1. The van der Waals surface area contributed by atoms with E-state index >= 15 is 4.39 Å². The van der Waals surface area contributed by atoms with Gasteiger partial charge in [-0.3, -0.25) is 19.1 Å². The number of carbonyl (C=O) groups is 3. The highest BCUT2D eigenvalue weighted by Crippen LogP contribution is 2.42. The Morgan fingerprint density at radius 3 is 2.56 bits per heavy atom. The molecule has 2 amide bonds. The molecule has 2 aromatic carbocycles. The standard InChI is InChI=1S/C29H32FN7O4/c1-17(2)37-9-7-18(8-10-37)29-28-20(21-12-24-19(11-22(21)30)13-33-36(24)37)5-4-6-23(28)35(34-29)16-26(39)31-14-25(38)32-15-27(40)41-3/h4-6,11-13,17-18H,7-10,14-16H2,1-3H3,(H-,31,32,38,39)/p+1. The zero-order valence-corrected chi connectivity index (χ0v) is 23.3. The Kier molecular flexibility index (Phi) is 6.72. The van der Waals surface area contributed by atoms with E-state index in [-0.39, 0.29) is 37.4 Å². The molecule has 1 saturated heterocycles. The number of hydrogen-bond donors (Lipinski definition) is 2. The molecule has 0 atom stereocenters. The van der Waals surface area contributed by atoms with E-state index in [0.29, 0.717) is 10.2 Å². The number of carbonyl (C=O) groups excluding carboxylic acids is 3. The molecule has 7 rings (SSSR count). The van der Waals surface area contributed by atoms with E-state index in [2.05, 4.69) is 34.0 Å². The number of amides is 2. The second kappa shape index (κ2) is 10.3. The maximum atomic E-state index is 15.7. The smallest absolute Gasteiger partial charge is 0.325 e. The Morgan fingerprint density at radius 2 is 1.83 bits per heavy atom. The van der Waals surface area contributed by atoms with Crippen LogP contribution in [-0.4, -0.2) is 76.8 Å². The molecule has 2 N–H and O–H groups in total. The van der Waals surface area contributed by atoms with Gasteiger partial charge in [0.15, 0.2) is 0 Å². The van der Waals surface area contributed by atoms with E-state index < -0.39 is 17.8 Å². The van der Waals surface area contributed by atoms with Crippen molar-refractivity contribution >= 4 is 39.6 Å². The van der Waals surface area contributed by atoms with Gasteiger partial charge in [-0.25, -0.2) is 4.39 Å². The predicted octanol–water partition coefficient (Wildman–Crippen LogP) is 2.34. The van der Waals surface area contributed by atoms with Crippen molar-refractivity contribution < 1.29 is 23.5 Å². The Morgan fingerprint density at radius 1 is 1.07 bits per heavy atom. The van der Waals surface area contributed by atoms with Crippen LogP contribution in [0.5, 0.6) is 0 Å². The molecule has 5 heterocycles. The van der Waals surface area contributed by atoms with Gasteiger partial charge in [-0.1, -0.05) is 12.1 Å². The van der Waals surface area contributed by atoms with Crippen molar-refractivity contribution in [2.45, 2.75) is 45.2 Å². The number of methoxy groups -OCH3 is 1. The summed E-state index contributed by atoms with van der Waals surface area (Å²) in [5.74, 6) is -1.70. The van der Waals surface area contributed by atoms with Gasteiger partial charge in [-0.2, -0.15) is 9.69 Å². The molecule has 11 nitrogen and oxygen atoms in total. The molecule has 0 saturated carbocycles. The molecule has 0 unspecified atom stereocenters. The minimum absolute atomic E-state index is 0.114. The Balaban J connectivity index is 1.39. The molecule has 3 aliphatic heterocycles. The molecular formula is C29H33FN7O4+. The molecule has 2 aromatic heterocycles. The van der Waals surface area contributed by atoms with Crippen LogP contribution in [0.15, 0.2) is 36.5 Å². The zero-order chi connectivity index (χ0) is 28.9. The van der Waals surface area contributed by atoms with Crippen LogP contribution in [0.3, 0.4) is 0 Å². The SMILES string of the molecule is COC(=O)CNC(=O)CNC(=O)Cn1nc2c3c(cccc31)-c1cc3c(cnn3[N+]3(C(C)C)CCC2CC3)cc1F. The summed E-state index contributed by atoms with van der Waals surface area (Å²) < 4.78 is 22.5. The van der Waals surface area contributed by atoms with Gasteiger partial charge in [-0.05, 0) is 37.6 Å². The molecule has 0 spiro atoms. The monoisotopic (exact) mass is 562 g/mol. The largest absolute Gasteiger partial charge is 0.468 e. The summed E-state index contributed by atoms with van der Waals surface area (Å²) in [6.07, 6.45) is 3.48. The van der Waals surface area contributed by atoms with Crippen LogP contribution in [0.4, 0.5) is 4.39 Å². The highest BCUT2D eigenvalue weighted by atomic mass is 19.1. The fraction of sp³-hybridized carbons (Fsp3) is 0.414. The zero-order valence-electron chi connectivity index (χ0n) is 23.3. The first-order valence-electron chi connectivity index (χ1n) is 13.9. The average molecular weight is 563 g/mol. The number of quaternary nitrogens is 1. The van der Waals surface area contributed by atoms with Crippen LogP contribution in [0, 0.1) is 5.82 Å². The van der Waals surface area contributed by atoms with Gasteiger partial charge in [0.25, 0.3) is 0 Å². The third-order valence-electron chi connectivity index (χ3n) is 8.59. The summed E-state index contributed by atoms with van der Waals surface area (Å²) in [7, 11) is 1.23. The summed E-state index contributed by atoms with van der Waals surface area (Å²) in [5.41, 5.74) is 3.69. The Hall–Kier alpha value is -4.32. The molecule has 0 aliphatic carbocycles. The van der Waals surface area contributed by atoms with Crippen molar-refractivity contribution in [3.8, 4) is 11.1 Å². The first kappa shape index (κ1) is 26.9. The quantitative estimate of drug-likeness (QED) is 0.264. The normalized spacial score (nSPS) is 19.5. The number of benzene rings is 2. The second-order valence-corrected chi connectivity index (χ2v) is 11.1. The number of rotatable bonds is 7. The van der Waals surface area contributed by atoms with E-state index in [1.807, 2.05) is 24.3 Å². The van der Waals surface area contributed by atoms with Crippen molar-refractivity contribution in [2.75, 3.05) is 33.3 Å². The van der Waals surface area contributed by atoms with Crippen LogP contribution in [-0.2, 0) is 25.7 Å². The first-order chi connectivity index (χ1) is 19.7. The van der Waals surface area contributed by atoms with E-state index in [1.165, 1.54) is 7.11 Å². The highest BCUT2D eigenvalue weighted by Gasteiger charge is 2.43. The predicted molar refractivity (Wildman–Crippen MR) is 151 cm³/mol. The summed E-state index contributed by atoms with van der Waals surface area (Å²) in [6.45, 7) is 5.43. The van der Waals surface area contributed by atoms with Crippen molar-refractivity contribution in [1.29, 1.82) is 0 Å². The maximum Gasteiger partial charge on any atom is 0.325 e. The third kappa shape index (κ3) is 4.51. The number of esters is 1. The summed E-state index contributed by atoms with van der Waals surface area (Å²) >= 11 is 0. The van der Waals surface area contributed by atoms with Gasteiger partial charge in [-0.15, -0.1) is 9.89 Å². The molecule has 4 aromatic rings. The molecule has 214 valence electrons. The number of nitrogens with zero attached hydrogens (tertiary/aromatic N) is 5. The van der Waals surface area contributed by atoms with Crippen molar-refractivity contribution in [3.63, 3.8) is 0 Å². The van der Waals surface area contributed by atoms with Gasteiger partial charge in [0.2, 0.25) is 11.8 Å². The topological polar surface area (TPSA) is 120 Å². The number of piperidine rings is 1. The van der Waals surface area contributed by atoms with Gasteiger partial charge in [0.05, 0.1) is 31.1 Å². The van der Waals surface area contributed by atoms with Crippen LogP contribution in [0.1, 0.15) is 38.3 Å². The lowest BCUT2D eigenvalue weighted by Crippen LogP contribution is -2.66. The van der Waals surface area contributed by atoms with Crippen molar-refractivity contribution in [2.24, 2.45) is 0 Å². The first-order valence-corrected chi connectivity index (χ1v) is 13.9. The van der Waals surface area contributed by atoms with Crippen molar-refractivity contribution in [1.82, 2.24) is 34.9 Å².